The van der Waals surface area contributed by atoms with Crippen LogP contribution >= 0.6 is 11.8 Å². The van der Waals surface area contributed by atoms with Gasteiger partial charge in [0.1, 0.15) is 0 Å². The highest BCUT2D eigenvalue weighted by Gasteiger charge is 2.27. The second-order valence-corrected chi connectivity index (χ2v) is 7.10. The van der Waals surface area contributed by atoms with Gasteiger partial charge in [-0.1, -0.05) is 31.5 Å². The summed E-state index contributed by atoms with van der Waals surface area (Å²) in [5.74, 6) is 0.976. The van der Waals surface area contributed by atoms with Crippen LogP contribution in [0.15, 0.2) is 29.2 Å². The second-order valence-electron chi connectivity index (χ2n) is 5.75. The lowest BCUT2D eigenvalue weighted by Gasteiger charge is -2.19. The normalized spacial score (nSPS) is 27.6. The molecule has 0 saturated carbocycles. The molecule has 0 bridgehead atoms. The summed E-state index contributed by atoms with van der Waals surface area (Å²) in [6.07, 6.45) is 5.48. The average Bonchev–Trinajstić information content (AvgIpc) is 2.96. The first-order valence-electron chi connectivity index (χ1n) is 7.32. The van der Waals surface area contributed by atoms with Crippen LogP contribution in [-0.2, 0) is 6.42 Å². The number of nitrogens with zero attached hydrogens (tertiary/aromatic N) is 1. The van der Waals surface area contributed by atoms with E-state index in [2.05, 4.69) is 47.9 Å². The van der Waals surface area contributed by atoms with Gasteiger partial charge < -0.3 is 4.90 Å². The lowest BCUT2D eigenvalue weighted by Crippen LogP contribution is -2.28. The summed E-state index contributed by atoms with van der Waals surface area (Å²) in [5, 5.41) is 0.794. The van der Waals surface area contributed by atoms with Gasteiger partial charge in [-0.15, -0.1) is 11.8 Å². The number of rotatable bonds is 4. The van der Waals surface area contributed by atoms with E-state index < -0.39 is 0 Å². The lowest BCUT2D eigenvalue weighted by molar-refractivity contribution is 0.321. The summed E-state index contributed by atoms with van der Waals surface area (Å²) >= 11 is 2.10. The highest BCUT2D eigenvalue weighted by atomic mass is 32.2. The average molecular weight is 261 g/mol. The molecule has 0 spiro atoms. The van der Waals surface area contributed by atoms with Crippen LogP contribution in [0.5, 0.6) is 0 Å². The summed E-state index contributed by atoms with van der Waals surface area (Å²) in [5.41, 5.74) is 1.57. The van der Waals surface area contributed by atoms with E-state index in [0.29, 0.717) is 0 Å². The Balaban J connectivity index is 1.51. The summed E-state index contributed by atoms with van der Waals surface area (Å²) < 4.78 is 0. The van der Waals surface area contributed by atoms with Crippen molar-refractivity contribution in [3.63, 3.8) is 0 Å². The predicted molar refractivity (Wildman–Crippen MR) is 79.2 cm³/mol. The highest BCUT2D eigenvalue weighted by Crippen LogP contribution is 2.37. The van der Waals surface area contributed by atoms with Gasteiger partial charge in [-0.25, -0.2) is 0 Å². The summed E-state index contributed by atoms with van der Waals surface area (Å²) in [4.78, 5) is 4.22. The molecule has 2 aliphatic heterocycles. The number of hydrogen-bond donors (Lipinski definition) is 0. The minimum atomic E-state index is 0.794. The van der Waals surface area contributed by atoms with Crippen LogP contribution in [0.1, 0.15) is 31.7 Å². The number of benzene rings is 1. The zero-order chi connectivity index (χ0) is 12.4. The van der Waals surface area contributed by atoms with Crippen LogP contribution in [0.3, 0.4) is 0 Å². The molecule has 0 amide bonds. The van der Waals surface area contributed by atoms with E-state index in [9.17, 15) is 0 Å². The monoisotopic (exact) mass is 261 g/mol. The number of hydrogen-bond acceptors (Lipinski definition) is 2. The van der Waals surface area contributed by atoms with Crippen LogP contribution in [0, 0.1) is 5.92 Å². The lowest BCUT2D eigenvalue weighted by atomic mass is 10.0. The van der Waals surface area contributed by atoms with Crippen molar-refractivity contribution in [1.82, 2.24) is 4.90 Å². The van der Waals surface area contributed by atoms with Crippen LogP contribution in [-0.4, -0.2) is 29.8 Å². The van der Waals surface area contributed by atoms with Crippen molar-refractivity contribution in [1.29, 1.82) is 0 Å². The van der Waals surface area contributed by atoms with Gasteiger partial charge in [0.25, 0.3) is 0 Å². The Bertz CT molecular complexity index is 379. The third-order valence-electron chi connectivity index (χ3n) is 4.24. The van der Waals surface area contributed by atoms with E-state index in [-0.39, 0.29) is 0 Å². The fourth-order valence-corrected chi connectivity index (χ4v) is 4.73. The molecule has 1 fully saturated rings. The van der Waals surface area contributed by atoms with Crippen LogP contribution in [0.4, 0.5) is 0 Å². The predicted octanol–water partition coefficient (Wildman–Crippen LogP) is 3.83. The van der Waals surface area contributed by atoms with E-state index in [4.69, 9.17) is 0 Å². The highest BCUT2D eigenvalue weighted by molar-refractivity contribution is 8.00. The molecule has 18 heavy (non-hydrogen) atoms. The number of likely N-dealkylation sites (tertiary alicyclic amines) is 1. The fraction of sp³-hybridized carbons (Fsp3) is 0.625. The van der Waals surface area contributed by atoms with Crippen LogP contribution in [0.25, 0.3) is 0 Å². The smallest absolute Gasteiger partial charge is 0.0263 e. The van der Waals surface area contributed by atoms with E-state index in [0.717, 1.165) is 11.2 Å². The van der Waals surface area contributed by atoms with Gasteiger partial charge in [-0.3, -0.25) is 0 Å². The quantitative estimate of drug-likeness (QED) is 0.810. The van der Waals surface area contributed by atoms with Gasteiger partial charge in [0.2, 0.25) is 0 Å². The van der Waals surface area contributed by atoms with E-state index in [1.54, 1.807) is 5.56 Å². The molecule has 2 heteroatoms. The van der Waals surface area contributed by atoms with Gasteiger partial charge in [-0.2, -0.15) is 0 Å². The summed E-state index contributed by atoms with van der Waals surface area (Å²) in [6, 6.07) is 8.92. The Kier molecular flexibility index (Phi) is 3.95. The van der Waals surface area contributed by atoms with Crippen molar-refractivity contribution in [2.45, 2.75) is 42.8 Å². The molecule has 1 aromatic rings. The first-order valence-corrected chi connectivity index (χ1v) is 8.20. The zero-order valence-electron chi connectivity index (χ0n) is 11.3. The maximum absolute atomic E-state index is 2.70. The van der Waals surface area contributed by atoms with Crippen LogP contribution in [0.2, 0.25) is 0 Å². The fourth-order valence-electron chi connectivity index (χ4n) is 3.37. The largest absolute Gasteiger partial charge is 0.302 e. The van der Waals surface area contributed by atoms with Crippen molar-refractivity contribution < 1.29 is 0 Å². The SMILES string of the molecule is CCCC1CCN(CC2Cc3ccccc3S2)C1. The minimum Gasteiger partial charge on any atom is -0.302 e. The molecule has 2 unspecified atom stereocenters. The Morgan fingerprint density at radius 2 is 2.22 bits per heavy atom. The molecule has 0 aliphatic carbocycles. The maximum atomic E-state index is 2.70. The Hall–Kier alpha value is -0.470. The Morgan fingerprint density at radius 1 is 1.33 bits per heavy atom. The molecule has 0 aromatic heterocycles. The van der Waals surface area contributed by atoms with Gasteiger partial charge in [-0.05, 0) is 43.4 Å². The molecule has 2 aliphatic rings. The van der Waals surface area contributed by atoms with Crippen molar-refractivity contribution in [3.05, 3.63) is 29.8 Å². The van der Waals surface area contributed by atoms with Gasteiger partial charge in [0.05, 0.1) is 0 Å². The summed E-state index contributed by atoms with van der Waals surface area (Å²) in [7, 11) is 0. The minimum absolute atomic E-state index is 0.794. The Morgan fingerprint density at radius 3 is 3.06 bits per heavy atom. The third-order valence-corrected chi connectivity index (χ3v) is 5.54. The Labute approximate surface area is 115 Å². The molecule has 1 saturated heterocycles. The van der Waals surface area contributed by atoms with Crippen molar-refractivity contribution in [2.75, 3.05) is 19.6 Å². The molecule has 98 valence electrons. The zero-order valence-corrected chi connectivity index (χ0v) is 12.1. The van der Waals surface area contributed by atoms with E-state index in [1.165, 1.54) is 50.2 Å². The number of fused-ring (bicyclic) bond motifs is 1. The molecule has 1 nitrogen and oxygen atoms in total. The molecule has 2 atom stereocenters. The van der Waals surface area contributed by atoms with Gasteiger partial charge in [0, 0.05) is 23.2 Å². The van der Waals surface area contributed by atoms with Crippen molar-refractivity contribution in [2.24, 2.45) is 5.92 Å². The standard InChI is InChI=1S/C16H23NS/c1-2-5-13-8-9-17(11-13)12-15-10-14-6-3-4-7-16(14)18-15/h3-4,6-7,13,15H,2,5,8-12H2,1H3. The molecule has 2 heterocycles. The van der Waals surface area contributed by atoms with E-state index in [1.807, 2.05) is 0 Å². The first-order chi connectivity index (χ1) is 8.85. The van der Waals surface area contributed by atoms with Gasteiger partial charge in [0.15, 0.2) is 0 Å². The molecular weight excluding hydrogens is 238 g/mol. The van der Waals surface area contributed by atoms with Crippen molar-refractivity contribution in [3.8, 4) is 0 Å². The summed E-state index contributed by atoms with van der Waals surface area (Å²) in [6.45, 7) is 6.28. The maximum Gasteiger partial charge on any atom is 0.0263 e. The topological polar surface area (TPSA) is 3.24 Å². The van der Waals surface area contributed by atoms with Gasteiger partial charge >= 0.3 is 0 Å². The molecule has 1 aromatic carbocycles. The third kappa shape index (κ3) is 2.75. The van der Waals surface area contributed by atoms with Crippen molar-refractivity contribution >= 4 is 11.8 Å². The molecule has 0 N–H and O–H groups in total. The van der Waals surface area contributed by atoms with E-state index >= 15 is 0 Å². The molecule has 3 rings (SSSR count). The molecular formula is C16H23NS. The first kappa shape index (κ1) is 12.6. The molecule has 0 radical (unpaired) electrons. The number of thioether (sulfide) groups is 1. The van der Waals surface area contributed by atoms with Crippen LogP contribution < -0.4 is 0 Å². The second kappa shape index (κ2) is 5.66.